The van der Waals surface area contributed by atoms with Gasteiger partial charge in [0.1, 0.15) is 5.54 Å². The summed E-state index contributed by atoms with van der Waals surface area (Å²) >= 11 is 0. The minimum Gasteiger partial charge on any atom is -0.468 e. The Morgan fingerprint density at radius 3 is 2.69 bits per heavy atom. The van der Waals surface area contributed by atoms with Gasteiger partial charge in [-0.1, -0.05) is 6.92 Å². The van der Waals surface area contributed by atoms with E-state index in [0.717, 1.165) is 12.5 Å². The normalized spacial score (nSPS) is 30.8. The van der Waals surface area contributed by atoms with Gasteiger partial charge in [0.05, 0.1) is 7.11 Å². The van der Waals surface area contributed by atoms with Crippen molar-refractivity contribution in [3.63, 3.8) is 0 Å². The molecule has 3 atom stereocenters. The number of rotatable bonds is 3. The second-order valence-corrected chi connectivity index (χ2v) is 5.36. The van der Waals surface area contributed by atoms with Crippen molar-refractivity contribution in [3.8, 4) is 0 Å². The van der Waals surface area contributed by atoms with E-state index in [0.29, 0.717) is 12.6 Å². The maximum absolute atomic E-state index is 11.5. The lowest BCUT2D eigenvalue weighted by molar-refractivity contribution is -0.147. The van der Waals surface area contributed by atoms with Crippen molar-refractivity contribution in [1.29, 1.82) is 0 Å². The highest BCUT2D eigenvalue weighted by atomic mass is 16.5. The van der Waals surface area contributed by atoms with E-state index in [4.69, 9.17) is 10.5 Å². The average Bonchev–Trinajstić information content (AvgIpc) is 2.21. The summed E-state index contributed by atoms with van der Waals surface area (Å²) in [5.41, 5.74) is 5.08. The summed E-state index contributed by atoms with van der Waals surface area (Å²) in [6, 6.07) is 0.497. The third-order valence-electron chi connectivity index (χ3n) is 3.46. The van der Waals surface area contributed by atoms with Crippen LogP contribution in [0, 0.1) is 5.92 Å². The van der Waals surface area contributed by atoms with E-state index in [1.165, 1.54) is 20.0 Å². The number of likely N-dealkylation sites (tertiary alicyclic amines) is 1. The Hall–Kier alpha value is -0.610. The largest absolute Gasteiger partial charge is 0.468 e. The molecule has 0 aliphatic carbocycles. The topological polar surface area (TPSA) is 55.6 Å². The molecule has 94 valence electrons. The molecule has 1 saturated heterocycles. The lowest BCUT2D eigenvalue weighted by Crippen LogP contribution is -2.57. The smallest absolute Gasteiger partial charge is 0.326 e. The predicted octanol–water partition coefficient (Wildman–Crippen LogP) is 0.997. The first kappa shape index (κ1) is 13.5. The Bertz CT molecular complexity index is 253. The molecule has 0 aromatic heterocycles. The predicted molar refractivity (Wildman–Crippen MR) is 64.0 cm³/mol. The van der Waals surface area contributed by atoms with Gasteiger partial charge in [0.2, 0.25) is 0 Å². The molecule has 1 rings (SSSR count). The SMILES string of the molecule is COC(=O)C(C)(N)CN1CCC(C)CC1C. The molecule has 4 heteroatoms. The molecule has 0 saturated carbocycles. The lowest BCUT2D eigenvalue weighted by atomic mass is 9.91. The number of nitrogens with zero attached hydrogens (tertiary/aromatic N) is 1. The van der Waals surface area contributed by atoms with Crippen molar-refractivity contribution >= 4 is 5.97 Å². The zero-order valence-corrected chi connectivity index (χ0v) is 10.8. The fraction of sp³-hybridized carbons (Fsp3) is 0.917. The summed E-state index contributed by atoms with van der Waals surface area (Å²) in [6.45, 7) is 7.81. The van der Waals surface area contributed by atoms with Gasteiger partial charge in [-0.25, -0.2) is 0 Å². The average molecular weight is 228 g/mol. The first-order valence-corrected chi connectivity index (χ1v) is 5.98. The highest BCUT2D eigenvalue weighted by molar-refractivity contribution is 5.80. The van der Waals surface area contributed by atoms with E-state index in [1.807, 2.05) is 0 Å². The van der Waals surface area contributed by atoms with Gasteiger partial charge in [0.25, 0.3) is 0 Å². The molecule has 16 heavy (non-hydrogen) atoms. The number of carbonyl (C=O) groups is 1. The molecular weight excluding hydrogens is 204 g/mol. The molecule has 4 nitrogen and oxygen atoms in total. The fourth-order valence-electron chi connectivity index (χ4n) is 2.41. The van der Waals surface area contributed by atoms with Gasteiger partial charge in [-0.05, 0) is 39.2 Å². The van der Waals surface area contributed by atoms with E-state index in [1.54, 1.807) is 6.92 Å². The van der Waals surface area contributed by atoms with Crippen LogP contribution in [0.25, 0.3) is 0 Å². The van der Waals surface area contributed by atoms with Gasteiger partial charge in [-0.3, -0.25) is 9.69 Å². The Kier molecular flexibility index (Phi) is 4.33. The van der Waals surface area contributed by atoms with Crippen LogP contribution < -0.4 is 5.73 Å². The second-order valence-electron chi connectivity index (χ2n) is 5.36. The van der Waals surface area contributed by atoms with Crippen LogP contribution in [0.1, 0.15) is 33.6 Å². The maximum atomic E-state index is 11.5. The van der Waals surface area contributed by atoms with Crippen molar-refractivity contribution in [1.82, 2.24) is 4.90 Å². The van der Waals surface area contributed by atoms with Crippen molar-refractivity contribution in [2.24, 2.45) is 11.7 Å². The summed E-state index contributed by atoms with van der Waals surface area (Å²) in [4.78, 5) is 13.8. The summed E-state index contributed by atoms with van der Waals surface area (Å²) in [6.07, 6.45) is 2.36. The second kappa shape index (κ2) is 5.15. The summed E-state index contributed by atoms with van der Waals surface area (Å²) in [7, 11) is 1.38. The van der Waals surface area contributed by atoms with Crippen LogP contribution in [-0.4, -0.2) is 42.6 Å². The standard InChI is InChI=1S/C12H24N2O2/c1-9-5-6-14(10(2)7-9)8-12(3,13)11(15)16-4/h9-10H,5-8,13H2,1-4H3. The van der Waals surface area contributed by atoms with Gasteiger partial charge in [-0.15, -0.1) is 0 Å². The number of hydrogen-bond donors (Lipinski definition) is 1. The third kappa shape index (κ3) is 3.19. The van der Waals surface area contributed by atoms with Gasteiger partial charge < -0.3 is 10.5 Å². The Morgan fingerprint density at radius 1 is 1.56 bits per heavy atom. The van der Waals surface area contributed by atoms with Crippen molar-refractivity contribution in [2.45, 2.75) is 45.2 Å². The molecule has 1 fully saturated rings. The first-order chi connectivity index (χ1) is 7.36. The van der Waals surface area contributed by atoms with E-state index in [2.05, 4.69) is 18.7 Å². The summed E-state index contributed by atoms with van der Waals surface area (Å²) in [5.74, 6) is 0.437. The van der Waals surface area contributed by atoms with E-state index in [-0.39, 0.29) is 5.97 Å². The van der Waals surface area contributed by atoms with Gasteiger partial charge in [-0.2, -0.15) is 0 Å². The monoisotopic (exact) mass is 228 g/mol. The van der Waals surface area contributed by atoms with Gasteiger partial charge in [0, 0.05) is 12.6 Å². The number of carbonyl (C=O) groups excluding carboxylic acids is 1. The van der Waals surface area contributed by atoms with Crippen LogP contribution in [0.5, 0.6) is 0 Å². The molecule has 1 heterocycles. The zero-order valence-electron chi connectivity index (χ0n) is 10.8. The molecule has 1 aliphatic heterocycles. The minimum atomic E-state index is -0.899. The van der Waals surface area contributed by atoms with Crippen LogP contribution in [0.4, 0.5) is 0 Å². The molecular formula is C12H24N2O2. The highest BCUT2D eigenvalue weighted by Crippen LogP contribution is 2.23. The van der Waals surface area contributed by atoms with Crippen LogP contribution in [0.3, 0.4) is 0 Å². The van der Waals surface area contributed by atoms with E-state index < -0.39 is 5.54 Å². The summed E-state index contributed by atoms with van der Waals surface area (Å²) < 4.78 is 4.72. The van der Waals surface area contributed by atoms with E-state index in [9.17, 15) is 4.79 Å². The van der Waals surface area contributed by atoms with E-state index >= 15 is 0 Å². The number of esters is 1. The Morgan fingerprint density at radius 2 is 2.19 bits per heavy atom. The van der Waals surface area contributed by atoms with Gasteiger partial charge >= 0.3 is 5.97 Å². The summed E-state index contributed by atoms with van der Waals surface area (Å²) in [5, 5.41) is 0. The molecule has 2 N–H and O–H groups in total. The molecule has 0 bridgehead atoms. The minimum absolute atomic E-state index is 0.335. The lowest BCUT2D eigenvalue weighted by Gasteiger charge is -2.39. The van der Waals surface area contributed by atoms with Crippen molar-refractivity contribution in [2.75, 3.05) is 20.2 Å². The van der Waals surface area contributed by atoms with Crippen LogP contribution in [-0.2, 0) is 9.53 Å². The fourth-order valence-corrected chi connectivity index (χ4v) is 2.41. The number of ether oxygens (including phenoxy) is 1. The number of methoxy groups -OCH3 is 1. The number of piperidine rings is 1. The molecule has 0 aromatic rings. The zero-order chi connectivity index (χ0) is 12.3. The molecule has 0 aromatic carbocycles. The molecule has 3 unspecified atom stereocenters. The maximum Gasteiger partial charge on any atom is 0.326 e. The first-order valence-electron chi connectivity index (χ1n) is 5.98. The molecule has 0 radical (unpaired) electrons. The van der Waals surface area contributed by atoms with Crippen molar-refractivity contribution in [3.05, 3.63) is 0 Å². The molecule has 0 spiro atoms. The van der Waals surface area contributed by atoms with Crippen LogP contribution >= 0.6 is 0 Å². The number of hydrogen-bond acceptors (Lipinski definition) is 4. The van der Waals surface area contributed by atoms with Crippen LogP contribution in [0.2, 0.25) is 0 Å². The van der Waals surface area contributed by atoms with Gasteiger partial charge in [0.15, 0.2) is 0 Å². The van der Waals surface area contributed by atoms with Crippen LogP contribution in [0.15, 0.2) is 0 Å². The van der Waals surface area contributed by atoms with Crippen molar-refractivity contribution < 1.29 is 9.53 Å². The highest BCUT2D eigenvalue weighted by Gasteiger charge is 2.34. The Balaban J connectivity index is 2.56. The molecule has 1 aliphatic rings. The Labute approximate surface area is 98.1 Å². The third-order valence-corrected chi connectivity index (χ3v) is 3.46. The number of nitrogens with two attached hydrogens (primary N) is 1. The molecule has 0 amide bonds. The quantitative estimate of drug-likeness (QED) is 0.732.